The Kier molecular flexibility index (Phi) is 4.57. The van der Waals surface area contributed by atoms with Crippen molar-refractivity contribution in [1.82, 2.24) is 14.3 Å². The minimum absolute atomic E-state index is 0.0456. The van der Waals surface area contributed by atoms with Crippen LogP contribution < -0.4 is 5.56 Å². The summed E-state index contributed by atoms with van der Waals surface area (Å²) >= 11 is 0. The van der Waals surface area contributed by atoms with Crippen molar-refractivity contribution in [1.29, 1.82) is 0 Å². The zero-order chi connectivity index (χ0) is 17.2. The molecule has 2 aromatic rings. The fourth-order valence-electron chi connectivity index (χ4n) is 1.94. The molecule has 0 aromatic carbocycles. The Hall–Kier alpha value is -2.58. The molecule has 0 aliphatic heterocycles. The molecule has 0 saturated carbocycles. The Bertz CT molecular complexity index is 778. The Labute approximate surface area is 129 Å². The number of rotatable bonds is 4. The van der Waals surface area contributed by atoms with E-state index < -0.39 is 23.4 Å². The average molecular weight is 329 g/mol. The van der Waals surface area contributed by atoms with Crippen molar-refractivity contribution in [3.05, 3.63) is 51.7 Å². The van der Waals surface area contributed by atoms with Gasteiger partial charge in [-0.3, -0.25) is 9.48 Å². The van der Waals surface area contributed by atoms with Crippen LogP contribution in [0.1, 0.15) is 28.5 Å². The summed E-state index contributed by atoms with van der Waals surface area (Å²) in [5.41, 5.74) is -1.78. The van der Waals surface area contributed by atoms with Gasteiger partial charge in [0.2, 0.25) is 0 Å². The van der Waals surface area contributed by atoms with Crippen LogP contribution in [-0.4, -0.2) is 26.9 Å². The molecular formula is C14H14F3N3O3. The van der Waals surface area contributed by atoms with Crippen LogP contribution in [0, 0.1) is 0 Å². The molecule has 0 spiro atoms. The maximum absolute atomic E-state index is 13.0. The molecule has 0 aliphatic rings. The fourth-order valence-corrected chi connectivity index (χ4v) is 1.94. The highest BCUT2D eigenvalue weighted by Crippen LogP contribution is 2.31. The maximum atomic E-state index is 13.0. The van der Waals surface area contributed by atoms with Gasteiger partial charge in [0.05, 0.1) is 13.2 Å². The van der Waals surface area contributed by atoms with Gasteiger partial charge >= 0.3 is 12.1 Å². The minimum atomic E-state index is -4.78. The molecule has 0 radical (unpaired) electrons. The normalized spacial score (nSPS) is 11.5. The number of esters is 1. The van der Waals surface area contributed by atoms with E-state index in [1.54, 1.807) is 13.1 Å². The van der Waals surface area contributed by atoms with E-state index in [-0.39, 0.29) is 18.7 Å². The summed E-state index contributed by atoms with van der Waals surface area (Å²) in [4.78, 5) is 23.2. The Morgan fingerprint density at radius 2 is 2.09 bits per heavy atom. The molecular weight excluding hydrogens is 315 g/mol. The number of aryl methyl sites for hydroxylation is 1. The summed E-state index contributed by atoms with van der Waals surface area (Å²) < 4.78 is 45.9. The molecule has 0 aliphatic carbocycles. The highest BCUT2D eigenvalue weighted by Gasteiger charge is 2.39. The quantitative estimate of drug-likeness (QED) is 0.803. The Morgan fingerprint density at radius 3 is 2.65 bits per heavy atom. The van der Waals surface area contributed by atoms with Gasteiger partial charge in [0.25, 0.3) is 5.56 Å². The summed E-state index contributed by atoms with van der Waals surface area (Å²) in [7, 11) is 1.56. The molecule has 0 fully saturated rings. The van der Waals surface area contributed by atoms with Crippen molar-refractivity contribution in [3.8, 4) is 0 Å². The lowest BCUT2D eigenvalue weighted by Gasteiger charge is -2.05. The van der Waals surface area contributed by atoms with E-state index in [1.807, 2.05) is 0 Å². The van der Waals surface area contributed by atoms with Gasteiger partial charge in [0, 0.05) is 25.5 Å². The van der Waals surface area contributed by atoms with Crippen molar-refractivity contribution in [2.24, 2.45) is 7.05 Å². The molecule has 2 aromatic heterocycles. The second-order valence-electron chi connectivity index (χ2n) is 4.79. The van der Waals surface area contributed by atoms with E-state index in [9.17, 15) is 22.8 Å². The number of pyridine rings is 1. The lowest BCUT2D eigenvalue weighted by atomic mass is 10.2. The van der Waals surface area contributed by atoms with Crippen LogP contribution in [0.15, 0.2) is 29.3 Å². The van der Waals surface area contributed by atoms with Gasteiger partial charge < -0.3 is 9.30 Å². The van der Waals surface area contributed by atoms with Crippen LogP contribution in [0.2, 0.25) is 0 Å². The SMILES string of the molecule is CCOC(=O)c1cn(Cc2ccn(C)c(=O)c2)nc1C(F)(F)F. The Balaban J connectivity index is 2.38. The van der Waals surface area contributed by atoms with E-state index >= 15 is 0 Å². The number of nitrogens with zero attached hydrogens (tertiary/aromatic N) is 3. The number of carbonyl (C=O) groups excluding carboxylic acids is 1. The lowest BCUT2D eigenvalue weighted by Crippen LogP contribution is -2.16. The molecule has 0 bridgehead atoms. The molecule has 2 rings (SSSR count). The van der Waals surface area contributed by atoms with Crippen LogP contribution >= 0.6 is 0 Å². The number of aromatic nitrogens is 3. The molecule has 2 heterocycles. The van der Waals surface area contributed by atoms with Crippen molar-refractivity contribution in [3.63, 3.8) is 0 Å². The number of hydrogen-bond acceptors (Lipinski definition) is 4. The molecule has 124 valence electrons. The van der Waals surface area contributed by atoms with E-state index in [1.165, 1.54) is 23.8 Å². The van der Waals surface area contributed by atoms with Crippen LogP contribution in [-0.2, 0) is 24.5 Å². The molecule has 0 atom stereocenters. The standard InChI is InChI=1S/C14H14F3N3O3/c1-3-23-13(22)10-8-20(18-12(10)14(15,16)17)7-9-4-5-19(2)11(21)6-9/h4-6,8H,3,7H2,1-2H3. The van der Waals surface area contributed by atoms with Gasteiger partial charge in [-0.1, -0.05) is 0 Å². The van der Waals surface area contributed by atoms with Crippen molar-refractivity contribution in [2.45, 2.75) is 19.6 Å². The first kappa shape index (κ1) is 16.8. The van der Waals surface area contributed by atoms with Gasteiger partial charge in [0.15, 0.2) is 5.69 Å². The molecule has 9 heteroatoms. The number of hydrogen-bond donors (Lipinski definition) is 0. The third kappa shape index (κ3) is 3.79. The van der Waals surface area contributed by atoms with E-state index in [0.717, 1.165) is 10.9 Å². The van der Waals surface area contributed by atoms with E-state index in [0.29, 0.717) is 5.56 Å². The molecule has 0 amide bonds. The fraction of sp³-hybridized carbons (Fsp3) is 0.357. The third-order valence-electron chi connectivity index (χ3n) is 3.04. The first-order chi connectivity index (χ1) is 10.7. The van der Waals surface area contributed by atoms with Gasteiger partial charge in [-0.25, -0.2) is 4.79 Å². The number of halogens is 3. The molecule has 6 nitrogen and oxygen atoms in total. The smallest absolute Gasteiger partial charge is 0.436 e. The second kappa shape index (κ2) is 6.27. The molecule has 0 N–H and O–H groups in total. The predicted molar refractivity (Wildman–Crippen MR) is 74.0 cm³/mol. The highest BCUT2D eigenvalue weighted by molar-refractivity contribution is 5.90. The number of alkyl halides is 3. The zero-order valence-corrected chi connectivity index (χ0v) is 12.4. The van der Waals surface area contributed by atoms with E-state index in [2.05, 4.69) is 9.84 Å². The van der Waals surface area contributed by atoms with Crippen LogP contribution in [0.3, 0.4) is 0 Å². The van der Waals surface area contributed by atoms with Crippen molar-refractivity contribution < 1.29 is 22.7 Å². The summed E-state index contributed by atoms with van der Waals surface area (Å²) in [6.07, 6.45) is -2.31. The highest BCUT2D eigenvalue weighted by atomic mass is 19.4. The Morgan fingerprint density at radius 1 is 1.39 bits per heavy atom. The van der Waals surface area contributed by atoms with Crippen molar-refractivity contribution >= 4 is 5.97 Å². The van der Waals surface area contributed by atoms with Gasteiger partial charge in [-0.2, -0.15) is 18.3 Å². The van der Waals surface area contributed by atoms with Gasteiger partial charge in [-0.05, 0) is 18.6 Å². The first-order valence-electron chi connectivity index (χ1n) is 6.69. The molecule has 23 heavy (non-hydrogen) atoms. The number of carbonyl (C=O) groups is 1. The predicted octanol–water partition coefficient (Wildman–Crippen LogP) is 1.83. The minimum Gasteiger partial charge on any atom is -0.462 e. The summed E-state index contributed by atoms with van der Waals surface area (Å²) in [5.74, 6) is -1.09. The number of ether oxygens (including phenoxy) is 1. The van der Waals surface area contributed by atoms with Gasteiger partial charge in [-0.15, -0.1) is 0 Å². The monoisotopic (exact) mass is 329 g/mol. The van der Waals surface area contributed by atoms with Crippen molar-refractivity contribution in [2.75, 3.05) is 6.61 Å². The third-order valence-corrected chi connectivity index (χ3v) is 3.04. The van der Waals surface area contributed by atoms with Crippen LogP contribution in [0.5, 0.6) is 0 Å². The van der Waals surface area contributed by atoms with Crippen LogP contribution in [0.25, 0.3) is 0 Å². The maximum Gasteiger partial charge on any atom is 0.436 e. The van der Waals surface area contributed by atoms with E-state index in [4.69, 9.17) is 0 Å². The van der Waals surface area contributed by atoms with Crippen LogP contribution in [0.4, 0.5) is 13.2 Å². The summed E-state index contributed by atoms with van der Waals surface area (Å²) in [6, 6.07) is 2.87. The topological polar surface area (TPSA) is 66.1 Å². The molecule has 0 saturated heterocycles. The zero-order valence-electron chi connectivity index (χ0n) is 12.4. The first-order valence-corrected chi connectivity index (χ1v) is 6.69. The average Bonchev–Trinajstić information content (AvgIpc) is 2.87. The molecule has 0 unspecified atom stereocenters. The summed E-state index contributed by atoms with van der Waals surface area (Å²) in [5, 5.41) is 3.41. The van der Waals surface area contributed by atoms with Gasteiger partial charge in [0.1, 0.15) is 5.56 Å². The largest absolute Gasteiger partial charge is 0.462 e. The lowest BCUT2D eigenvalue weighted by molar-refractivity contribution is -0.142. The summed E-state index contributed by atoms with van der Waals surface area (Å²) in [6.45, 7) is 1.38. The second-order valence-corrected chi connectivity index (χ2v) is 4.79.